The molecule has 0 saturated heterocycles. The average molecular weight is 439 g/mol. The molecule has 3 aromatic rings. The SMILES string of the molecule is CC1c2cccc(C(F)(F)F)c2CCN1C(=O)c1cc2ncc(Br)cn2n1. The molecule has 1 amide bonds. The quantitative estimate of drug-likeness (QED) is 0.569. The van der Waals surface area contributed by atoms with Crippen molar-refractivity contribution in [1.82, 2.24) is 19.5 Å². The molecule has 140 valence electrons. The van der Waals surface area contributed by atoms with Crippen molar-refractivity contribution in [2.45, 2.75) is 25.6 Å². The lowest BCUT2D eigenvalue weighted by Gasteiger charge is -2.36. The Balaban J connectivity index is 1.68. The number of amides is 1. The molecule has 4 rings (SSSR count). The Morgan fingerprint density at radius 1 is 1.33 bits per heavy atom. The lowest BCUT2D eigenvalue weighted by Crippen LogP contribution is -2.39. The van der Waals surface area contributed by atoms with Crippen LogP contribution in [-0.2, 0) is 12.6 Å². The monoisotopic (exact) mass is 438 g/mol. The summed E-state index contributed by atoms with van der Waals surface area (Å²) in [4.78, 5) is 18.7. The first kappa shape index (κ1) is 18.0. The molecule has 0 spiro atoms. The Morgan fingerprint density at radius 3 is 2.85 bits per heavy atom. The van der Waals surface area contributed by atoms with Crippen molar-refractivity contribution in [2.24, 2.45) is 0 Å². The Morgan fingerprint density at radius 2 is 2.11 bits per heavy atom. The fourth-order valence-electron chi connectivity index (χ4n) is 3.52. The van der Waals surface area contributed by atoms with E-state index in [2.05, 4.69) is 26.0 Å². The van der Waals surface area contributed by atoms with Gasteiger partial charge in [0.25, 0.3) is 5.91 Å². The van der Waals surface area contributed by atoms with Crippen LogP contribution in [0.4, 0.5) is 13.2 Å². The number of benzene rings is 1. The van der Waals surface area contributed by atoms with Crippen LogP contribution in [0.15, 0.2) is 41.1 Å². The third kappa shape index (κ3) is 3.09. The number of fused-ring (bicyclic) bond motifs is 2. The molecular weight excluding hydrogens is 425 g/mol. The van der Waals surface area contributed by atoms with Crippen LogP contribution in [0.25, 0.3) is 5.65 Å². The van der Waals surface area contributed by atoms with E-state index in [-0.39, 0.29) is 30.1 Å². The number of hydrogen-bond donors (Lipinski definition) is 0. The molecule has 0 bridgehead atoms. The highest BCUT2D eigenvalue weighted by Gasteiger charge is 2.38. The number of alkyl halides is 3. The maximum absolute atomic E-state index is 13.3. The van der Waals surface area contributed by atoms with Gasteiger partial charge in [0, 0.05) is 25.0 Å². The van der Waals surface area contributed by atoms with Gasteiger partial charge >= 0.3 is 6.18 Å². The highest BCUT2D eigenvalue weighted by atomic mass is 79.9. The van der Waals surface area contributed by atoms with E-state index in [1.807, 2.05) is 0 Å². The standard InChI is InChI=1S/C18H14BrF3N4O/c1-10-12-3-2-4-14(18(20,21)22)13(12)5-6-25(10)17(27)15-7-16-23-8-11(19)9-26(16)24-15/h2-4,7-10H,5-6H2,1H3. The summed E-state index contributed by atoms with van der Waals surface area (Å²) in [5.41, 5.74) is 0.894. The zero-order chi connectivity index (χ0) is 19.3. The predicted molar refractivity (Wildman–Crippen MR) is 95.3 cm³/mol. The van der Waals surface area contributed by atoms with Crippen LogP contribution in [0.3, 0.4) is 0 Å². The highest BCUT2D eigenvalue weighted by molar-refractivity contribution is 9.10. The van der Waals surface area contributed by atoms with Crippen LogP contribution in [0.5, 0.6) is 0 Å². The zero-order valence-corrected chi connectivity index (χ0v) is 15.8. The summed E-state index contributed by atoms with van der Waals surface area (Å²) in [7, 11) is 0. The Kier molecular flexibility index (Phi) is 4.21. The van der Waals surface area contributed by atoms with Gasteiger partial charge in [-0.15, -0.1) is 0 Å². The van der Waals surface area contributed by atoms with Gasteiger partial charge in [0.05, 0.1) is 16.1 Å². The van der Waals surface area contributed by atoms with Gasteiger partial charge < -0.3 is 4.90 Å². The molecule has 0 radical (unpaired) electrons. The van der Waals surface area contributed by atoms with Crippen LogP contribution in [-0.4, -0.2) is 31.9 Å². The molecule has 1 aliphatic heterocycles. The number of carbonyl (C=O) groups excluding carboxylic acids is 1. The summed E-state index contributed by atoms with van der Waals surface area (Å²) in [6, 6.07) is 5.22. The lowest BCUT2D eigenvalue weighted by atomic mass is 9.89. The molecule has 2 aromatic heterocycles. The van der Waals surface area contributed by atoms with Crippen molar-refractivity contribution in [1.29, 1.82) is 0 Å². The topological polar surface area (TPSA) is 50.5 Å². The largest absolute Gasteiger partial charge is 0.416 e. The minimum atomic E-state index is -4.40. The Hall–Kier alpha value is -2.42. The minimum Gasteiger partial charge on any atom is -0.330 e. The summed E-state index contributed by atoms with van der Waals surface area (Å²) in [5, 5.41) is 4.25. The van der Waals surface area contributed by atoms with Gasteiger partial charge in [-0.05, 0) is 46.5 Å². The molecule has 3 heterocycles. The van der Waals surface area contributed by atoms with Crippen molar-refractivity contribution in [3.8, 4) is 0 Å². The van der Waals surface area contributed by atoms with Gasteiger partial charge in [-0.3, -0.25) is 4.79 Å². The maximum atomic E-state index is 13.3. The highest BCUT2D eigenvalue weighted by Crippen LogP contribution is 2.39. The third-order valence-electron chi connectivity index (χ3n) is 4.80. The number of nitrogens with zero attached hydrogens (tertiary/aromatic N) is 4. The fraction of sp³-hybridized carbons (Fsp3) is 0.278. The van der Waals surface area contributed by atoms with Gasteiger partial charge in [-0.1, -0.05) is 12.1 Å². The van der Waals surface area contributed by atoms with Crippen LogP contribution in [0, 0.1) is 0 Å². The number of rotatable bonds is 1. The second-order valence-electron chi connectivity index (χ2n) is 6.40. The third-order valence-corrected chi connectivity index (χ3v) is 5.21. The molecule has 1 aliphatic rings. The van der Waals surface area contributed by atoms with Crippen molar-refractivity contribution in [3.05, 3.63) is 63.5 Å². The summed E-state index contributed by atoms with van der Waals surface area (Å²) < 4.78 is 42.0. The second kappa shape index (κ2) is 6.33. The van der Waals surface area contributed by atoms with E-state index in [4.69, 9.17) is 0 Å². The molecule has 0 N–H and O–H groups in total. The molecule has 0 fully saturated rings. The van der Waals surface area contributed by atoms with E-state index in [9.17, 15) is 18.0 Å². The van der Waals surface area contributed by atoms with E-state index in [1.165, 1.54) is 10.6 Å². The average Bonchev–Trinajstić information content (AvgIpc) is 3.03. The summed E-state index contributed by atoms with van der Waals surface area (Å²) in [5.74, 6) is -0.327. The van der Waals surface area contributed by atoms with E-state index >= 15 is 0 Å². The lowest BCUT2D eigenvalue weighted by molar-refractivity contribution is -0.138. The molecule has 9 heteroatoms. The molecule has 1 aromatic carbocycles. The summed E-state index contributed by atoms with van der Waals surface area (Å²) >= 11 is 3.30. The fourth-order valence-corrected chi connectivity index (χ4v) is 3.81. The molecule has 5 nitrogen and oxygen atoms in total. The number of halogens is 4. The van der Waals surface area contributed by atoms with Crippen molar-refractivity contribution >= 4 is 27.5 Å². The first-order valence-corrected chi connectivity index (χ1v) is 9.06. The van der Waals surface area contributed by atoms with Gasteiger partial charge in [0.2, 0.25) is 0 Å². The second-order valence-corrected chi connectivity index (χ2v) is 7.32. The predicted octanol–water partition coefficient (Wildman–Crippen LogP) is 4.27. The van der Waals surface area contributed by atoms with Crippen LogP contribution < -0.4 is 0 Å². The van der Waals surface area contributed by atoms with Crippen LogP contribution in [0.2, 0.25) is 0 Å². The van der Waals surface area contributed by atoms with E-state index in [0.717, 1.165) is 10.5 Å². The maximum Gasteiger partial charge on any atom is 0.416 e. The normalized spacial score (nSPS) is 17.2. The van der Waals surface area contributed by atoms with Gasteiger partial charge in [0.15, 0.2) is 11.3 Å². The first-order valence-electron chi connectivity index (χ1n) is 8.26. The minimum absolute atomic E-state index is 0.151. The van der Waals surface area contributed by atoms with Crippen molar-refractivity contribution in [3.63, 3.8) is 0 Å². The zero-order valence-electron chi connectivity index (χ0n) is 14.2. The van der Waals surface area contributed by atoms with Gasteiger partial charge in [-0.25, -0.2) is 9.50 Å². The van der Waals surface area contributed by atoms with E-state index in [1.54, 1.807) is 36.4 Å². The van der Waals surface area contributed by atoms with Crippen LogP contribution >= 0.6 is 15.9 Å². The molecule has 27 heavy (non-hydrogen) atoms. The Labute approximate surface area is 160 Å². The first-order chi connectivity index (χ1) is 12.8. The van der Waals surface area contributed by atoms with Crippen LogP contribution in [0.1, 0.15) is 40.1 Å². The molecular formula is C18H14BrF3N4O. The van der Waals surface area contributed by atoms with Gasteiger partial charge in [-0.2, -0.15) is 18.3 Å². The van der Waals surface area contributed by atoms with Crippen molar-refractivity contribution < 1.29 is 18.0 Å². The number of aromatic nitrogens is 3. The molecule has 1 atom stereocenters. The Bertz CT molecular complexity index is 1050. The van der Waals surface area contributed by atoms with Gasteiger partial charge in [0.1, 0.15) is 0 Å². The molecule has 0 aliphatic carbocycles. The summed E-state index contributed by atoms with van der Waals surface area (Å²) in [6.07, 6.45) is -0.969. The number of hydrogen-bond acceptors (Lipinski definition) is 3. The van der Waals surface area contributed by atoms with E-state index < -0.39 is 17.8 Å². The summed E-state index contributed by atoms with van der Waals surface area (Å²) in [6.45, 7) is 1.94. The van der Waals surface area contributed by atoms with E-state index in [0.29, 0.717) is 11.2 Å². The van der Waals surface area contributed by atoms with Crippen molar-refractivity contribution in [2.75, 3.05) is 6.54 Å². The molecule has 0 saturated carbocycles. The number of carbonyl (C=O) groups is 1. The smallest absolute Gasteiger partial charge is 0.330 e. The molecule has 1 unspecified atom stereocenters.